The highest BCUT2D eigenvalue weighted by Crippen LogP contribution is 2.32. The van der Waals surface area contributed by atoms with Crippen LogP contribution in [0.1, 0.15) is 12.5 Å². The Bertz CT molecular complexity index is 1210. The fourth-order valence-electron chi connectivity index (χ4n) is 2.92. The highest BCUT2D eigenvalue weighted by molar-refractivity contribution is 9.11. The summed E-state index contributed by atoms with van der Waals surface area (Å²) in [6.07, 6.45) is 0. The summed E-state index contributed by atoms with van der Waals surface area (Å²) < 4.78 is 40.4. The molecule has 7 nitrogen and oxygen atoms in total. The second-order valence-electron chi connectivity index (χ2n) is 6.96. The van der Waals surface area contributed by atoms with Crippen molar-refractivity contribution in [3.63, 3.8) is 0 Å². The number of amides is 1. The van der Waals surface area contributed by atoms with E-state index in [4.69, 9.17) is 9.47 Å². The van der Waals surface area contributed by atoms with E-state index in [9.17, 15) is 13.2 Å². The zero-order valence-electron chi connectivity index (χ0n) is 17.9. The topological polar surface area (TPSA) is 93.7 Å². The first kappa shape index (κ1) is 25.1. The molecule has 0 aliphatic heterocycles. The summed E-state index contributed by atoms with van der Waals surface area (Å²) in [6.45, 7) is 4.09. The van der Waals surface area contributed by atoms with E-state index in [0.29, 0.717) is 29.5 Å². The second-order valence-corrected chi connectivity index (χ2v) is 10.4. The number of carbonyl (C=O) groups is 1. The number of rotatable bonds is 9. The van der Waals surface area contributed by atoms with Crippen LogP contribution in [0.5, 0.6) is 11.5 Å². The van der Waals surface area contributed by atoms with Gasteiger partial charge in [-0.25, -0.2) is 8.42 Å². The van der Waals surface area contributed by atoms with Gasteiger partial charge in [0.05, 0.1) is 16.0 Å². The number of halogens is 2. The van der Waals surface area contributed by atoms with Gasteiger partial charge in [-0.1, -0.05) is 15.9 Å². The average Bonchev–Trinajstić information content (AvgIpc) is 2.75. The predicted molar refractivity (Wildman–Crippen MR) is 136 cm³/mol. The summed E-state index contributed by atoms with van der Waals surface area (Å²) in [5.41, 5.74) is 1.75. The molecular weight excluding hydrogens is 576 g/mol. The van der Waals surface area contributed by atoms with Crippen molar-refractivity contribution in [2.45, 2.75) is 18.7 Å². The van der Waals surface area contributed by atoms with Crippen LogP contribution in [0.4, 0.5) is 11.4 Å². The zero-order chi connectivity index (χ0) is 24.0. The molecule has 0 atom stereocenters. The van der Waals surface area contributed by atoms with Gasteiger partial charge in [-0.2, -0.15) is 0 Å². The van der Waals surface area contributed by atoms with E-state index in [-0.39, 0.29) is 17.4 Å². The van der Waals surface area contributed by atoms with E-state index in [1.54, 1.807) is 24.3 Å². The van der Waals surface area contributed by atoms with Crippen molar-refractivity contribution in [3.05, 3.63) is 75.2 Å². The monoisotopic (exact) mass is 596 g/mol. The Labute approximate surface area is 209 Å². The molecule has 0 saturated heterocycles. The van der Waals surface area contributed by atoms with Crippen molar-refractivity contribution in [2.75, 3.05) is 23.3 Å². The molecule has 174 valence electrons. The molecule has 3 aromatic rings. The van der Waals surface area contributed by atoms with Gasteiger partial charge >= 0.3 is 0 Å². The minimum Gasteiger partial charge on any atom is -0.494 e. The lowest BCUT2D eigenvalue weighted by atomic mass is 10.2. The van der Waals surface area contributed by atoms with Gasteiger partial charge in [0.25, 0.3) is 15.9 Å². The third kappa shape index (κ3) is 6.96. The fourth-order valence-corrected chi connectivity index (χ4v) is 5.54. The van der Waals surface area contributed by atoms with Crippen LogP contribution in [0.15, 0.2) is 74.5 Å². The van der Waals surface area contributed by atoms with Gasteiger partial charge in [-0.15, -0.1) is 0 Å². The molecule has 0 bridgehead atoms. The van der Waals surface area contributed by atoms with Gasteiger partial charge in [0.2, 0.25) is 0 Å². The first-order valence-electron chi connectivity index (χ1n) is 9.92. The molecule has 0 aliphatic carbocycles. The molecular formula is C23H22Br2N2O5S. The molecule has 10 heteroatoms. The minimum atomic E-state index is -3.78. The van der Waals surface area contributed by atoms with E-state index in [1.165, 1.54) is 24.3 Å². The second kappa shape index (κ2) is 11.0. The lowest BCUT2D eigenvalue weighted by molar-refractivity contribution is -0.118. The Morgan fingerprint density at radius 2 is 1.58 bits per heavy atom. The van der Waals surface area contributed by atoms with Crippen molar-refractivity contribution in [1.29, 1.82) is 0 Å². The van der Waals surface area contributed by atoms with Crippen LogP contribution in [0.3, 0.4) is 0 Å². The first-order valence-corrected chi connectivity index (χ1v) is 13.0. The third-order valence-electron chi connectivity index (χ3n) is 4.41. The van der Waals surface area contributed by atoms with Crippen LogP contribution >= 0.6 is 31.9 Å². The molecule has 0 radical (unpaired) electrons. The van der Waals surface area contributed by atoms with Crippen LogP contribution in [-0.2, 0) is 14.8 Å². The summed E-state index contributed by atoms with van der Waals surface area (Å²) in [5, 5.41) is 2.69. The quantitative estimate of drug-likeness (QED) is 0.328. The lowest BCUT2D eigenvalue weighted by Crippen LogP contribution is -2.20. The van der Waals surface area contributed by atoms with E-state index in [1.807, 2.05) is 26.0 Å². The molecule has 1 amide bonds. The van der Waals surface area contributed by atoms with Crippen molar-refractivity contribution in [3.8, 4) is 11.5 Å². The molecule has 0 fully saturated rings. The largest absolute Gasteiger partial charge is 0.494 e. The molecule has 0 heterocycles. The number of hydrogen-bond donors (Lipinski definition) is 2. The van der Waals surface area contributed by atoms with Crippen LogP contribution in [0.25, 0.3) is 0 Å². The number of carbonyl (C=O) groups excluding carboxylic acids is 1. The smallest absolute Gasteiger partial charge is 0.262 e. The normalized spacial score (nSPS) is 11.0. The van der Waals surface area contributed by atoms with Gasteiger partial charge in [-0.3, -0.25) is 9.52 Å². The first-order chi connectivity index (χ1) is 15.7. The number of aryl methyl sites for hydroxylation is 1. The maximum absolute atomic E-state index is 12.6. The molecule has 0 spiro atoms. The summed E-state index contributed by atoms with van der Waals surface area (Å²) in [6, 6.07) is 16.2. The summed E-state index contributed by atoms with van der Waals surface area (Å²) in [5.74, 6) is 0.870. The molecule has 0 saturated carbocycles. The maximum Gasteiger partial charge on any atom is 0.262 e. The van der Waals surface area contributed by atoms with E-state index >= 15 is 0 Å². The molecule has 0 aliphatic rings. The van der Waals surface area contributed by atoms with Gasteiger partial charge in [0.15, 0.2) is 6.61 Å². The zero-order valence-corrected chi connectivity index (χ0v) is 21.9. The van der Waals surface area contributed by atoms with E-state index in [2.05, 4.69) is 41.9 Å². The average molecular weight is 598 g/mol. The third-order valence-corrected chi connectivity index (χ3v) is 6.85. The van der Waals surface area contributed by atoms with Crippen molar-refractivity contribution >= 4 is 59.2 Å². The van der Waals surface area contributed by atoms with Gasteiger partial charge in [-0.05, 0) is 96.0 Å². The number of benzene rings is 3. The summed E-state index contributed by atoms with van der Waals surface area (Å²) in [4.78, 5) is 12.3. The van der Waals surface area contributed by atoms with Crippen LogP contribution in [0.2, 0.25) is 0 Å². The lowest BCUT2D eigenvalue weighted by Gasteiger charge is -2.12. The molecule has 33 heavy (non-hydrogen) atoms. The van der Waals surface area contributed by atoms with Crippen LogP contribution < -0.4 is 19.5 Å². The van der Waals surface area contributed by atoms with Gasteiger partial charge in [0.1, 0.15) is 11.5 Å². The predicted octanol–water partition coefficient (Wildman–Crippen LogP) is 5.74. The Morgan fingerprint density at radius 1 is 0.939 bits per heavy atom. The van der Waals surface area contributed by atoms with Gasteiger partial charge < -0.3 is 14.8 Å². The molecule has 3 aromatic carbocycles. The van der Waals surface area contributed by atoms with Crippen LogP contribution in [-0.4, -0.2) is 27.5 Å². The Hall–Kier alpha value is -2.56. The summed E-state index contributed by atoms with van der Waals surface area (Å²) >= 11 is 6.82. The van der Waals surface area contributed by atoms with Gasteiger partial charge in [0, 0.05) is 15.8 Å². The summed E-state index contributed by atoms with van der Waals surface area (Å²) in [7, 11) is -3.78. The minimum absolute atomic E-state index is 0.0695. The maximum atomic E-state index is 12.6. The van der Waals surface area contributed by atoms with E-state index in [0.717, 1.165) is 14.5 Å². The Kier molecular flexibility index (Phi) is 8.39. The fraction of sp³-hybridized carbons (Fsp3) is 0.174. The standard InChI is InChI=1S/C23H22Br2N2O5S/c1-3-31-19-8-4-18(5-9-19)27-33(29,30)20-10-6-17(7-11-20)26-22(28)14-32-23-15(2)12-16(24)13-21(23)25/h4-13,27H,3,14H2,1-2H3,(H,26,28). The van der Waals surface area contributed by atoms with Crippen molar-refractivity contribution in [1.82, 2.24) is 0 Å². The number of ether oxygens (including phenoxy) is 2. The number of nitrogens with one attached hydrogen (secondary N) is 2. The number of hydrogen-bond acceptors (Lipinski definition) is 5. The SMILES string of the molecule is CCOc1ccc(NS(=O)(=O)c2ccc(NC(=O)COc3c(C)cc(Br)cc3Br)cc2)cc1. The number of sulfonamides is 1. The Morgan fingerprint density at radius 3 is 2.18 bits per heavy atom. The van der Waals surface area contributed by atoms with Crippen molar-refractivity contribution in [2.24, 2.45) is 0 Å². The van der Waals surface area contributed by atoms with Crippen molar-refractivity contribution < 1.29 is 22.7 Å². The Balaban J connectivity index is 1.59. The van der Waals surface area contributed by atoms with Crippen LogP contribution in [0, 0.1) is 6.92 Å². The highest BCUT2D eigenvalue weighted by Gasteiger charge is 2.15. The number of anilines is 2. The molecule has 0 aromatic heterocycles. The van der Waals surface area contributed by atoms with E-state index < -0.39 is 10.0 Å². The molecule has 3 rings (SSSR count). The molecule has 2 N–H and O–H groups in total. The highest BCUT2D eigenvalue weighted by atomic mass is 79.9. The molecule has 0 unspecified atom stereocenters.